The van der Waals surface area contributed by atoms with Crippen LogP contribution < -0.4 is 19.7 Å². The molecule has 2 aliphatic rings. The smallest absolute Gasteiger partial charge is 0.303 e. The minimum Gasteiger partial charge on any atom is -0.491 e. The number of halogens is 2. The van der Waals surface area contributed by atoms with Gasteiger partial charge in [-0.15, -0.1) is 17.0 Å². The number of Topliss-reactive ketones (excluding diaryl/α,β-unsaturated/α-hetero) is 1. The number of hydrogen-bond donors (Lipinski definition) is 4. The maximum absolute atomic E-state index is 15.6. The predicted octanol–water partition coefficient (Wildman–Crippen LogP) is 4.69. The highest BCUT2D eigenvalue weighted by atomic mass is 79.9. The Morgan fingerprint density at radius 3 is 2.37 bits per heavy atom. The van der Waals surface area contributed by atoms with Crippen LogP contribution in [0, 0.1) is 11.2 Å². The van der Waals surface area contributed by atoms with Crippen LogP contribution in [0.5, 0.6) is 11.5 Å². The van der Waals surface area contributed by atoms with Gasteiger partial charge in [0.2, 0.25) is 0 Å². The zero-order chi connectivity index (χ0) is 33.1. The highest BCUT2D eigenvalue weighted by Gasteiger charge is 2.34. The summed E-state index contributed by atoms with van der Waals surface area (Å²) in [6.45, 7) is 8.88. The molecular weight excluding hydrogens is 663 g/mol. The third kappa shape index (κ3) is 7.98. The number of amidine groups is 1. The van der Waals surface area contributed by atoms with E-state index in [4.69, 9.17) is 20.0 Å². The number of carbonyl (C=O) groups is 3. The van der Waals surface area contributed by atoms with E-state index in [1.807, 2.05) is 20.8 Å². The van der Waals surface area contributed by atoms with E-state index in [9.17, 15) is 19.5 Å². The number of hydrogen-bond acceptors (Lipinski definition) is 8. The molecule has 1 amide bonds. The third-order valence-corrected chi connectivity index (χ3v) is 8.12. The van der Waals surface area contributed by atoms with E-state index in [-0.39, 0.29) is 83.8 Å². The number of ether oxygens (including phenoxy) is 2. The molecule has 0 bridgehead atoms. The largest absolute Gasteiger partial charge is 0.491 e. The van der Waals surface area contributed by atoms with Crippen LogP contribution in [0.25, 0.3) is 0 Å². The Morgan fingerprint density at radius 2 is 1.78 bits per heavy atom. The van der Waals surface area contributed by atoms with Crippen LogP contribution in [0.15, 0.2) is 18.2 Å². The second-order valence-electron chi connectivity index (χ2n) is 12.4. The summed E-state index contributed by atoms with van der Waals surface area (Å²) in [6.07, 6.45) is 0.978. The van der Waals surface area contributed by atoms with Crippen LogP contribution in [-0.2, 0) is 16.8 Å². The van der Waals surface area contributed by atoms with E-state index < -0.39 is 29.2 Å². The molecule has 1 saturated heterocycles. The van der Waals surface area contributed by atoms with Crippen molar-refractivity contribution < 1.29 is 38.5 Å². The Bertz CT molecular complexity index is 1490. The molecule has 0 radical (unpaired) electrons. The standard InChI is InChI=1S/C33H43FN4O7.BrH/c1-6-44-29-22(32(43)36-5)16-21-23(28(29)34)17-38(31(21)35)18-26(40)19-14-24(33(2,3)4)30(45-13-7-8-27(41)42)25(15-19)37-11-9-20(39)10-12-37;/h14-16,20,35,39H,6-13,17-18H2,1-5H3,(H,36,43)(H,41,42);1H. The zero-order valence-corrected chi connectivity index (χ0v) is 28.7. The van der Waals surface area contributed by atoms with Crippen molar-refractivity contribution in [3.05, 3.63) is 51.8 Å². The van der Waals surface area contributed by atoms with Crippen LogP contribution >= 0.6 is 17.0 Å². The lowest BCUT2D eigenvalue weighted by molar-refractivity contribution is -0.137. The predicted molar refractivity (Wildman–Crippen MR) is 178 cm³/mol. The number of benzene rings is 2. The van der Waals surface area contributed by atoms with Gasteiger partial charge in [0.1, 0.15) is 11.6 Å². The molecule has 2 aromatic rings. The van der Waals surface area contributed by atoms with Gasteiger partial charge in [-0.25, -0.2) is 4.39 Å². The summed E-state index contributed by atoms with van der Waals surface area (Å²) in [7, 11) is 1.43. The maximum Gasteiger partial charge on any atom is 0.303 e. The van der Waals surface area contributed by atoms with Crippen molar-refractivity contribution in [2.45, 2.75) is 71.4 Å². The topological polar surface area (TPSA) is 152 Å². The summed E-state index contributed by atoms with van der Waals surface area (Å²) in [5.41, 5.74) is 1.81. The number of aliphatic hydroxyl groups excluding tert-OH is 1. The zero-order valence-electron chi connectivity index (χ0n) is 27.0. The van der Waals surface area contributed by atoms with Gasteiger partial charge in [0.05, 0.1) is 37.1 Å². The van der Waals surface area contributed by atoms with Gasteiger partial charge in [-0.2, -0.15) is 0 Å². The SMILES string of the molecule is Br.CCOc1c(C(=O)NC)cc2c(c1F)CN(CC(=O)c1cc(N3CCC(O)CC3)c(OCCCC(=O)O)c(C(C)(C)C)c1)C2=N. The summed E-state index contributed by atoms with van der Waals surface area (Å²) >= 11 is 0. The van der Waals surface area contributed by atoms with Crippen LogP contribution in [0.1, 0.15) is 90.8 Å². The first-order chi connectivity index (χ1) is 21.3. The van der Waals surface area contributed by atoms with Crippen molar-refractivity contribution in [2.75, 3.05) is 44.8 Å². The maximum atomic E-state index is 15.6. The van der Waals surface area contributed by atoms with Crippen molar-refractivity contribution in [3.63, 3.8) is 0 Å². The normalized spacial score (nSPS) is 14.9. The number of rotatable bonds is 12. The van der Waals surface area contributed by atoms with Crippen LogP contribution in [0.4, 0.5) is 10.1 Å². The molecule has 46 heavy (non-hydrogen) atoms. The molecule has 2 aromatic carbocycles. The molecule has 13 heteroatoms. The minimum atomic E-state index is -0.908. The first-order valence-electron chi connectivity index (χ1n) is 15.3. The molecule has 2 aliphatic heterocycles. The molecule has 0 aliphatic carbocycles. The molecule has 2 heterocycles. The molecular formula is C33H44BrFN4O7. The average molecular weight is 708 g/mol. The summed E-state index contributed by atoms with van der Waals surface area (Å²) in [5.74, 6) is -2.12. The number of ketones is 1. The van der Waals surface area contributed by atoms with Gasteiger partial charge < -0.3 is 34.8 Å². The van der Waals surface area contributed by atoms with Gasteiger partial charge in [-0.3, -0.25) is 19.8 Å². The number of amides is 1. The fourth-order valence-corrected chi connectivity index (χ4v) is 5.69. The number of nitrogens with one attached hydrogen (secondary N) is 2. The fourth-order valence-electron chi connectivity index (χ4n) is 5.69. The number of aliphatic hydroxyl groups is 1. The van der Waals surface area contributed by atoms with Gasteiger partial charge in [0.15, 0.2) is 17.3 Å². The number of carboxylic acid groups (broad SMARTS) is 1. The van der Waals surface area contributed by atoms with Crippen molar-refractivity contribution in [2.24, 2.45) is 0 Å². The van der Waals surface area contributed by atoms with Gasteiger partial charge in [-0.05, 0) is 49.8 Å². The van der Waals surface area contributed by atoms with E-state index in [0.29, 0.717) is 49.4 Å². The molecule has 0 aromatic heterocycles. The van der Waals surface area contributed by atoms with E-state index in [1.54, 1.807) is 19.1 Å². The Hall–Kier alpha value is -3.71. The van der Waals surface area contributed by atoms with Crippen LogP contribution in [0.3, 0.4) is 0 Å². The number of piperidine rings is 1. The molecule has 0 spiro atoms. The van der Waals surface area contributed by atoms with Gasteiger partial charge in [0, 0.05) is 55.4 Å². The lowest BCUT2D eigenvalue weighted by Crippen LogP contribution is -2.36. The van der Waals surface area contributed by atoms with E-state index >= 15 is 4.39 Å². The molecule has 4 N–H and O–H groups in total. The minimum absolute atomic E-state index is 0. The molecule has 0 atom stereocenters. The Balaban J connectivity index is 0.00000576. The monoisotopic (exact) mass is 706 g/mol. The first-order valence-corrected chi connectivity index (χ1v) is 15.3. The second kappa shape index (κ2) is 15.3. The highest BCUT2D eigenvalue weighted by Crippen LogP contribution is 2.42. The molecule has 0 unspecified atom stereocenters. The Morgan fingerprint density at radius 1 is 1.11 bits per heavy atom. The molecule has 11 nitrogen and oxygen atoms in total. The Labute approximate surface area is 279 Å². The first kappa shape index (κ1) is 36.8. The van der Waals surface area contributed by atoms with Crippen molar-refractivity contribution in [3.8, 4) is 11.5 Å². The summed E-state index contributed by atoms with van der Waals surface area (Å²) in [6, 6.07) is 4.97. The number of fused-ring (bicyclic) bond motifs is 1. The number of anilines is 1. The molecule has 252 valence electrons. The quantitative estimate of drug-likeness (QED) is 0.182. The lowest BCUT2D eigenvalue weighted by Gasteiger charge is -2.35. The average Bonchev–Trinajstić information content (AvgIpc) is 3.30. The molecule has 0 saturated carbocycles. The number of carboxylic acids is 1. The number of nitrogens with zero attached hydrogens (tertiary/aromatic N) is 2. The van der Waals surface area contributed by atoms with Crippen LogP contribution in [0.2, 0.25) is 0 Å². The molecule has 1 fully saturated rings. The third-order valence-electron chi connectivity index (χ3n) is 8.12. The van der Waals surface area contributed by atoms with Crippen molar-refractivity contribution in [1.82, 2.24) is 10.2 Å². The summed E-state index contributed by atoms with van der Waals surface area (Å²) in [4.78, 5) is 41.0. The van der Waals surface area contributed by atoms with Crippen molar-refractivity contribution in [1.29, 1.82) is 5.41 Å². The summed E-state index contributed by atoms with van der Waals surface area (Å²) < 4.78 is 27.3. The van der Waals surface area contributed by atoms with E-state index in [0.717, 1.165) is 5.56 Å². The van der Waals surface area contributed by atoms with Gasteiger partial charge in [-0.1, -0.05) is 20.8 Å². The van der Waals surface area contributed by atoms with E-state index in [2.05, 4.69) is 10.2 Å². The van der Waals surface area contributed by atoms with Gasteiger partial charge >= 0.3 is 5.97 Å². The number of carbonyl (C=O) groups excluding carboxylic acids is 2. The number of aliphatic carboxylic acids is 1. The summed E-state index contributed by atoms with van der Waals surface area (Å²) in [5, 5.41) is 30.5. The van der Waals surface area contributed by atoms with Crippen molar-refractivity contribution >= 4 is 46.2 Å². The Kier molecular flexibility index (Phi) is 12.2. The molecule has 4 rings (SSSR count). The van der Waals surface area contributed by atoms with Gasteiger partial charge in [0.25, 0.3) is 5.91 Å². The van der Waals surface area contributed by atoms with E-state index in [1.165, 1.54) is 18.0 Å². The van der Waals surface area contributed by atoms with Crippen LogP contribution in [-0.4, -0.2) is 84.6 Å². The lowest BCUT2D eigenvalue weighted by atomic mass is 9.84. The second-order valence-corrected chi connectivity index (χ2v) is 12.4. The highest BCUT2D eigenvalue weighted by molar-refractivity contribution is 8.93. The fraction of sp³-hybridized carbons (Fsp3) is 0.515.